The van der Waals surface area contributed by atoms with Crippen LogP contribution in [0.15, 0.2) is 0 Å². The van der Waals surface area contributed by atoms with Gasteiger partial charge in [-0.05, 0) is 13.0 Å². The van der Waals surface area contributed by atoms with Gasteiger partial charge in [-0.15, -0.1) is 0 Å². The van der Waals surface area contributed by atoms with Gasteiger partial charge >= 0.3 is 0 Å². The molecular formula is C10H22N4O3. The number of nitrogens with two attached hydrogens (primary N) is 2. The van der Waals surface area contributed by atoms with E-state index in [0.717, 1.165) is 12.8 Å². The zero-order chi connectivity index (χ0) is 13.3. The molecule has 0 rings (SSSR count). The summed E-state index contributed by atoms with van der Waals surface area (Å²) >= 11 is 0. The van der Waals surface area contributed by atoms with Gasteiger partial charge in [-0.25, -0.2) is 5.84 Å². The number of carbonyl (C=O) groups is 2. The smallest absolute Gasteiger partial charge is 0.253 e. The number of methoxy groups -OCH3 is 1. The minimum atomic E-state index is -0.593. The number of rotatable bonds is 9. The summed E-state index contributed by atoms with van der Waals surface area (Å²) in [4.78, 5) is 24.2. The summed E-state index contributed by atoms with van der Waals surface area (Å²) in [6.07, 6.45) is 1.82. The molecule has 0 aliphatic heterocycles. The molecule has 0 saturated heterocycles. The normalized spacial score (nSPS) is 12.5. The minimum absolute atomic E-state index is 0.0153. The van der Waals surface area contributed by atoms with E-state index in [2.05, 4.69) is 5.43 Å². The Hall–Kier alpha value is -1.18. The first-order chi connectivity index (χ1) is 8.06. The topological polar surface area (TPSA) is 111 Å². The number of unbranched alkanes of at least 4 members (excludes halogenated alkanes) is 1. The van der Waals surface area contributed by atoms with Crippen LogP contribution in [0.5, 0.6) is 0 Å². The third-order valence-corrected chi connectivity index (χ3v) is 2.37. The Morgan fingerprint density at radius 2 is 2.12 bits per heavy atom. The van der Waals surface area contributed by atoms with E-state index >= 15 is 0 Å². The predicted molar refractivity (Wildman–Crippen MR) is 63.7 cm³/mol. The molecule has 7 nitrogen and oxygen atoms in total. The van der Waals surface area contributed by atoms with Gasteiger partial charge in [0.25, 0.3) is 5.91 Å². The zero-order valence-corrected chi connectivity index (χ0v) is 10.4. The summed E-state index contributed by atoms with van der Waals surface area (Å²) < 4.78 is 4.96. The predicted octanol–water partition coefficient (Wildman–Crippen LogP) is -1.42. The molecule has 1 unspecified atom stereocenters. The Morgan fingerprint density at radius 3 is 2.53 bits per heavy atom. The molecule has 1 atom stereocenters. The van der Waals surface area contributed by atoms with Crippen LogP contribution in [0.25, 0.3) is 0 Å². The van der Waals surface area contributed by atoms with E-state index in [4.69, 9.17) is 16.3 Å². The molecule has 0 aliphatic carbocycles. The van der Waals surface area contributed by atoms with Crippen LogP contribution in [0.1, 0.15) is 19.8 Å². The number of ether oxygens (including phenoxy) is 1. The van der Waals surface area contributed by atoms with Crippen LogP contribution in [0.2, 0.25) is 0 Å². The number of hydrazine groups is 1. The molecule has 0 fully saturated rings. The van der Waals surface area contributed by atoms with Gasteiger partial charge in [-0.3, -0.25) is 19.9 Å². The molecule has 17 heavy (non-hydrogen) atoms. The molecule has 0 bridgehead atoms. The number of carbonyl (C=O) groups excluding carboxylic acids is 2. The highest BCUT2D eigenvalue weighted by atomic mass is 16.5. The number of amides is 2. The molecule has 0 aromatic heterocycles. The number of primary amides is 1. The molecule has 7 heteroatoms. The van der Waals surface area contributed by atoms with Gasteiger partial charge in [-0.2, -0.15) is 0 Å². The molecule has 2 amide bonds. The first-order valence-corrected chi connectivity index (χ1v) is 5.58. The Kier molecular flexibility index (Phi) is 8.29. The van der Waals surface area contributed by atoms with Crippen molar-refractivity contribution in [2.75, 3.05) is 26.8 Å². The standard InChI is InChI=1S/C10H22N4O3/c1-3-4-5-14(6-9(11)15)8(7-17-2)10(16)13-12/h8H,3-7,12H2,1-2H3,(H2,11,15)(H,13,16). The van der Waals surface area contributed by atoms with E-state index in [1.165, 1.54) is 7.11 Å². The van der Waals surface area contributed by atoms with Gasteiger partial charge in [0.1, 0.15) is 6.04 Å². The van der Waals surface area contributed by atoms with E-state index in [9.17, 15) is 9.59 Å². The van der Waals surface area contributed by atoms with Gasteiger partial charge < -0.3 is 10.5 Å². The SMILES string of the molecule is CCCCN(CC(N)=O)C(COC)C(=O)NN. The van der Waals surface area contributed by atoms with Crippen molar-refractivity contribution in [2.45, 2.75) is 25.8 Å². The molecule has 0 radical (unpaired) electrons. The van der Waals surface area contributed by atoms with E-state index in [1.54, 1.807) is 4.90 Å². The zero-order valence-electron chi connectivity index (χ0n) is 10.4. The Morgan fingerprint density at radius 1 is 1.47 bits per heavy atom. The van der Waals surface area contributed by atoms with Crippen LogP contribution >= 0.6 is 0 Å². The second-order valence-corrected chi connectivity index (χ2v) is 3.77. The quantitative estimate of drug-likeness (QED) is 0.263. The maximum Gasteiger partial charge on any atom is 0.253 e. The number of nitrogens with one attached hydrogen (secondary N) is 1. The number of hydrogen-bond acceptors (Lipinski definition) is 5. The van der Waals surface area contributed by atoms with Crippen LogP contribution < -0.4 is 17.0 Å². The van der Waals surface area contributed by atoms with Crippen molar-refractivity contribution in [1.29, 1.82) is 0 Å². The summed E-state index contributed by atoms with van der Waals surface area (Å²) in [5.41, 5.74) is 7.22. The first-order valence-electron chi connectivity index (χ1n) is 5.58. The second-order valence-electron chi connectivity index (χ2n) is 3.77. The largest absolute Gasteiger partial charge is 0.383 e. The lowest BCUT2D eigenvalue weighted by atomic mass is 10.2. The highest BCUT2D eigenvalue weighted by molar-refractivity contribution is 5.82. The Balaban J connectivity index is 4.65. The van der Waals surface area contributed by atoms with Gasteiger partial charge in [0.15, 0.2) is 0 Å². The van der Waals surface area contributed by atoms with E-state index in [-0.39, 0.29) is 19.1 Å². The third-order valence-electron chi connectivity index (χ3n) is 2.37. The van der Waals surface area contributed by atoms with Gasteiger partial charge in [0.05, 0.1) is 13.2 Å². The molecule has 0 aromatic rings. The summed E-state index contributed by atoms with van der Waals surface area (Å²) in [6.45, 7) is 2.80. The lowest BCUT2D eigenvalue weighted by Gasteiger charge is -2.28. The molecule has 0 heterocycles. The fourth-order valence-corrected chi connectivity index (χ4v) is 1.51. The van der Waals surface area contributed by atoms with Gasteiger partial charge in [0, 0.05) is 7.11 Å². The molecule has 0 saturated carbocycles. The van der Waals surface area contributed by atoms with E-state index in [0.29, 0.717) is 6.54 Å². The van der Waals surface area contributed by atoms with E-state index in [1.807, 2.05) is 6.92 Å². The Bertz CT molecular complexity index is 248. The summed E-state index contributed by atoms with van der Waals surface area (Å²) in [5, 5.41) is 0. The monoisotopic (exact) mass is 246 g/mol. The average Bonchev–Trinajstić information content (AvgIpc) is 2.30. The summed E-state index contributed by atoms with van der Waals surface area (Å²) in [5.74, 6) is 4.24. The lowest BCUT2D eigenvalue weighted by molar-refractivity contribution is -0.130. The van der Waals surface area contributed by atoms with Crippen LogP contribution in [-0.2, 0) is 14.3 Å². The lowest BCUT2D eigenvalue weighted by Crippen LogP contribution is -2.53. The third kappa shape index (κ3) is 6.20. The van der Waals surface area contributed by atoms with Crippen LogP contribution in [-0.4, -0.2) is 49.6 Å². The van der Waals surface area contributed by atoms with Crippen molar-refractivity contribution >= 4 is 11.8 Å². The molecular weight excluding hydrogens is 224 g/mol. The van der Waals surface area contributed by atoms with Crippen LogP contribution in [0, 0.1) is 0 Å². The minimum Gasteiger partial charge on any atom is -0.383 e. The van der Waals surface area contributed by atoms with Crippen molar-refractivity contribution in [3.05, 3.63) is 0 Å². The molecule has 0 aromatic carbocycles. The van der Waals surface area contributed by atoms with Crippen LogP contribution in [0.3, 0.4) is 0 Å². The fraction of sp³-hybridized carbons (Fsp3) is 0.800. The van der Waals surface area contributed by atoms with Crippen molar-refractivity contribution in [3.8, 4) is 0 Å². The Labute approximate surface area is 101 Å². The summed E-state index contributed by atoms with van der Waals surface area (Å²) in [6, 6.07) is -0.593. The fourth-order valence-electron chi connectivity index (χ4n) is 1.51. The molecule has 0 aliphatic rings. The maximum atomic E-state index is 11.6. The van der Waals surface area contributed by atoms with Gasteiger partial charge in [0.2, 0.25) is 5.91 Å². The van der Waals surface area contributed by atoms with E-state index < -0.39 is 11.9 Å². The van der Waals surface area contributed by atoms with Crippen molar-refractivity contribution in [1.82, 2.24) is 10.3 Å². The highest BCUT2D eigenvalue weighted by Gasteiger charge is 2.26. The molecule has 0 spiro atoms. The second kappa shape index (κ2) is 8.91. The average molecular weight is 246 g/mol. The van der Waals surface area contributed by atoms with Crippen molar-refractivity contribution < 1.29 is 14.3 Å². The molecule has 100 valence electrons. The van der Waals surface area contributed by atoms with Crippen LogP contribution in [0.4, 0.5) is 0 Å². The summed E-state index contributed by atoms with van der Waals surface area (Å²) in [7, 11) is 1.49. The molecule has 5 N–H and O–H groups in total. The first kappa shape index (κ1) is 15.8. The number of hydrogen-bond donors (Lipinski definition) is 3. The van der Waals surface area contributed by atoms with Crippen molar-refractivity contribution in [3.63, 3.8) is 0 Å². The van der Waals surface area contributed by atoms with Crippen molar-refractivity contribution in [2.24, 2.45) is 11.6 Å². The maximum absolute atomic E-state index is 11.6. The highest BCUT2D eigenvalue weighted by Crippen LogP contribution is 2.03. The van der Waals surface area contributed by atoms with Gasteiger partial charge in [-0.1, -0.05) is 13.3 Å². The number of nitrogens with zero attached hydrogens (tertiary/aromatic N) is 1.